The van der Waals surface area contributed by atoms with Crippen molar-refractivity contribution in [3.05, 3.63) is 71.6 Å². The molecule has 2 aromatic rings. The van der Waals surface area contributed by atoms with E-state index in [4.69, 9.17) is 0 Å². The number of allylic oxidation sites excluding steroid dienone is 1. The van der Waals surface area contributed by atoms with Crippen LogP contribution in [0.25, 0.3) is 5.57 Å². The molecule has 0 atom stereocenters. The molecule has 30 heavy (non-hydrogen) atoms. The topological polar surface area (TPSA) is 74.8 Å². The quantitative estimate of drug-likeness (QED) is 0.540. The minimum atomic E-state index is -3.71. The first-order chi connectivity index (χ1) is 14.2. The van der Waals surface area contributed by atoms with Crippen LogP contribution in [0.1, 0.15) is 29.8 Å². The predicted molar refractivity (Wildman–Crippen MR) is 112 cm³/mol. The van der Waals surface area contributed by atoms with Crippen LogP contribution in [0.5, 0.6) is 0 Å². The van der Waals surface area contributed by atoms with Gasteiger partial charge in [-0.25, -0.2) is 12.8 Å². The van der Waals surface area contributed by atoms with Crippen molar-refractivity contribution < 1.29 is 22.4 Å². The largest absolute Gasteiger partial charge is 0.337 e. The first-order valence-corrected chi connectivity index (χ1v) is 11.0. The average Bonchev–Trinajstić information content (AvgIpc) is 2.74. The number of halogens is 1. The zero-order chi connectivity index (χ0) is 21.9. The molecular formula is C22H23FN2O4S. The third-order valence-corrected chi connectivity index (χ3v) is 7.00. The number of ketones is 1. The molecule has 8 heteroatoms. The number of hydrogen-bond acceptors (Lipinski definition) is 4. The van der Waals surface area contributed by atoms with Crippen LogP contribution in [-0.4, -0.2) is 55.5 Å². The van der Waals surface area contributed by atoms with Crippen molar-refractivity contribution in [1.82, 2.24) is 9.21 Å². The molecule has 1 aliphatic heterocycles. The van der Waals surface area contributed by atoms with E-state index in [1.165, 1.54) is 47.6 Å². The Bertz CT molecular complexity index is 1090. The lowest BCUT2D eigenvalue weighted by molar-refractivity contribution is -0.127. The number of benzene rings is 2. The molecule has 0 aliphatic carbocycles. The van der Waals surface area contributed by atoms with E-state index in [1.54, 1.807) is 30.0 Å². The van der Waals surface area contributed by atoms with Gasteiger partial charge in [0.15, 0.2) is 5.78 Å². The number of carbonyl (C=O) groups is 2. The molecule has 0 N–H and O–H groups in total. The molecule has 2 aromatic carbocycles. The number of carbonyl (C=O) groups excluding carboxylic acids is 2. The fourth-order valence-electron chi connectivity index (χ4n) is 3.29. The molecule has 3 rings (SSSR count). The summed E-state index contributed by atoms with van der Waals surface area (Å²) in [6.45, 7) is 3.89. The molecule has 1 fully saturated rings. The highest BCUT2D eigenvalue weighted by Gasteiger charge is 2.29. The highest BCUT2D eigenvalue weighted by atomic mass is 32.2. The summed E-state index contributed by atoms with van der Waals surface area (Å²) in [6.07, 6.45) is 1.38. The number of hydrogen-bond donors (Lipinski definition) is 0. The maximum Gasteiger partial charge on any atom is 0.246 e. The van der Waals surface area contributed by atoms with Crippen LogP contribution in [0.3, 0.4) is 0 Å². The Morgan fingerprint density at radius 2 is 1.53 bits per heavy atom. The van der Waals surface area contributed by atoms with Crippen molar-refractivity contribution >= 4 is 27.3 Å². The fourth-order valence-corrected chi connectivity index (χ4v) is 4.72. The first-order valence-electron chi connectivity index (χ1n) is 9.53. The molecular weight excluding hydrogens is 407 g/mol. The van der Waals surface area contributed by atoms with Crippen LogP contribution >= 0.6 is 0 Å². The Labute approximate surface area is 175 Å². The summed E-state index contributed by atoms with van der Waals surface area (Å²) in [6, 6.07) is 12.1. The van der Waals surface area contributed by atoms with Crippen LogP contribution in [0.2, 0.25) is 0 Å². The highest BCUT2D eigenvalue weighted by Crippen LogP contribution is 2.20. The van der Waals surface area contributed by atoms with Crippen LogP contribution in [0, 0.1) is 5.82 Å². The lowest BCUT2D eigenvalue weighted by Gasteiger charge is -2.33. The number of nitrogens with zero attached hydrogens (tertiary/aromatic N) is 2. The molecule has 0 bridgehead atoms. The van der Waals surface area contributed by atoms with Crippen molar-refractivity contribution in [2.75, 3.05) is 26.2 Å². The molecule has 1 amide bonds. The molecule has 1 aliphatic rings. The van der Waals surface area contributed by atoms with Crippen molar-refractivity contribution in [2.45, 2.75) is 18.7 Å². The molecule has 6 nitrogen and oxygen atoms in total. The number of rotatable bonds is 5. The van der Waals surface area contributed by atoms with Crippen LogP contribution in [-0.2, 0) is 14.8 Å². The summed E-state index contributed by atoms with van der Waals surface area (Å²) in [4.78, 5) is 25.6. The Morgan fingerprint density at radius 3 is 2.10 bits per heavy atom. The van der Waals surface area contributed by atoms with Crippen molar-refractivity contribution in [2.24, 2.45) is 0 Å². The summed E-state index contributed by atoms with van der Waals surface area (Å²) in [5, 5.41) is 0. The second-order valence-corrected chi connectivity index (χ2v) is 9.06. The zero-order valence-electron chi connectivity index (χ0n) is 16.8. The van der Waals surface area contributed by atoms with Crippen LogP contribution in [0.15, 0.2) is 59.5 Å². The van der Waals surface area contributed by atoms with Gasteiger partial charge >= 0.3 is 0 Å². The van der Waals surface area contributed by atoms with E-state index in [9.17, 15) is 22.4 Å². The van der Waals surface area contributed by atoms with E-state index in [2.05, 4.69) is 0 Å². The molecule has 0 saturated carbocycles. The number of sulfonamides is 1. The van der Waals surface area contributed by atoms with E-state index in [1.807, 2.05) is 0 Å². The van der Waals surface area contributed by atoms with Gasteiger partial charge in [-0.2, -0.15) is 4.31 Å². The van der Waals surface area contributed by atoms with Gasteiger partial charge < -0.3 is 4.90 Å². The van der Waals surface area contributed by atoms with Gasteiger partial charge in [0.25, 0.3) is 0 Å². The van der Waals surface area contributed by atoms with E-state index >= 15 is 0 Å². The molecule has 0 radical (unpaired) electrons. The normalized spacial score (nSPS) is 15.8. The van der Waals surface area contributed by atoms with Gasteiger partial charge in [-0.15, -0.1) is 0 Å². The monoisotopic (exact) mass is 430 g/mol. The standard InChI is InChI=1S/C22H23FN2O4S/c1-16(20-5-3-4-6-21(20)23)15-22(27)24-11-13-25(14-12-24)30(28,29)19-9-7-18(8-10-19)17(2)26/h3-10,15H,11-14H2,1-2H3/b16-15-. The Hall–Kier alpha value is -2.84. The van der Waals surface area contributed by atoms with Gasteiger partial charge in [0.1, 0.15) is 5.82 Å². The average molecular weight is 431 g/mol. The molecule has 158 valence electrons. The molecule has 1 saturated heterocycles. The van der Waals surface area contributed by atoms with Gasteiger partial charge in [0.2, 0.25) is 15.9 Å². The lowest BCUT2D eigenvalue weighted by Crippen LogP contribution is -2.50. The Morgan fingerprint density at radius 1 is 0.933 bits per heavy atom. The van der Waals surface area contributed by atoms with Gasteiger partial charge in [-0.1, -0.05) is 30.3 Å². The summed E-state index contributed by atoms with van der Waals surface area (Å²) < 4.78 is 40.9. The third-order valence-electron chi connectivity index (χ3n) is 5.09. The number of amides is 1. The van der Waals surface area contributed by atoms with Crippen LogP contribution < -0.4 is 0 Å². The van der Waals surface area contributed by atoms with E-state index in [-0.39, 0.29) is 42.8 Å². The fraction of sp³-hybridized carbons (Fsp3) is 0.273. The minimum absolute atomic E-state index is 0.113. The lowest BCUT2D eigenvalue weighted by atomic mass is 10.1. The van der Waals surface area contributed by atoms with Crippen molar-refractivity contribution in [3.8, 4) is 0 Å². The number of Topliss-reactive ketones (excluding diaryl/α,β-unsaturated/α-hetero) is 1. The van der Waals surface area contributed by atoms with E-state index < -0.39 is 15.8 Å². The summed E-state index contributed by atoms with van der Waals surface area (Å²) in [5.41, 5.74) is 1.32. The third kappa shape index (κ3) is 4.66. The van der Waals surface area contributed by atoms with E-state index in [0.717, 1.165) is 0 Å². The summed E-state index contributed by atoms with van der Waals surface area (Å²) in [7, 11) is -3.71. The highest BCUT2D eigenvalue weighted by molar-refractivity contribution is 7.89. The maximum atomic E-state index is 13.9. The van der Waals surface area contributed by atoms with Crippen molar-refractivity contribution in [1.29, 1.82) is 0 Å². The summed E-state index contributed by atoms with van der Waals surface area (Å²) >= 11 is 0. The van der Waals surface area contributed by atoms with E-state index in [0.29, 0.717) is 16.7 Å². The van der Waals surface area contributed by atoms with Gasteiger partial charge in [0.05, 0.1) is 4.90 Å². The second kappa shape index (κ2) is 8.89. The molecule has 0 unspecified atom stereocenters. The molecule has 0 spiro atoms. The second-order valence-electron chi connectivity index (χ2n) is 7.12. The van der Waals surface area contributed by atoms with Crippen LogP contribution in [0.4, 0.5) is 4.39 Å². The minimum Gasteiger partial charge on any atom is -0.337 e. The number of piperazine rings is 1. The Kier molecular flexibility index (Phi) is 6.48. The van der Waals surface area contributed by atoms with Gasteiger partial charge in [-0.3, -0.25) is 9.59 Å². The van der Waals surface area contributed by atoms with Gasteiger partial charge in [-0.05, 0) is 37.6 Å². The molecule has 0 aromatic heterocycles. The van der Waals surface area contributed by atoms with Gasteiger partial charge in [0, 0.05) is 43.4 Å². The predicted octanol–water partition coefficient (Wildman–Crippen LogP) is 2.96. The molecule has 1 heterocycles. The maximum absolute atomic E-state index is 13.9. The smallest absolute Gasteiger partial charge is 0.246 e. The first kappa shape index (κ1) is 21.9. The zero-order valence-corrected chi connectivity index (χ0v) is 17.7. The SMILES string of the molecule is CC(=O)c1ccc(S(=O)(=O)N2CCN(C(=O)/C=C(/C)c3ccccc3F)CC2)cc1. The summed E-state index contributed by atoms with van der Waals surface area (Å²) in [5.74, 6) is -0.811. The Balaban J connectivity index is 1.66. The van der Waals surface area contributed by atoms with Crippen molar-refractivity contribution in [3.63, 3.8) is 0 Å².